The Hall–Kier alpha value is -1.70. The zero-order chi connectivity index (χ0) is 23.3. The second-order valence-corrected chi connectivity index (χ2v) is 11.0. The third-order valence-electron chi connectivity index (χ3n) is 5.86. The quantitative estimate of drug-likeness (QED) is 0.499. The van der Waals surface area contributed by atoms with E-state index < -0.39 is 10.0 Å². The fourth-order valence-corrected chi connectivity index (χ4v) is 6.35. The van der Waals surface area contributed by atoms with Crippen molar-refractivity contribution in [1.82, 2.24) is 14.5 Å². The molecule has 2 fully saturated rings. The van der Waals surface area contributed by atoms with E-state index in [0.717, 1.165) is 44.2 Å². The van der Waals surface area contributed by atoms with E-state index >= 15 is 0 Å². The number of rotatable bonds is 8. The van der Waals surface area contributed by atoms with Gasteiger partial charge in [0.1, 0.15) is 6.54 Å². The van der Waals surface area contributed by atoms with Crippen LogP contribution >= 0.6 is 11.8 Å². The first-order valence-corrected chi connectivity index (χ1v) is 13.6. The van der Waals surface area contributed by atoms with Crippen LogP contribution in [0.1, 0.15) is 6.42 Å². The van der Waals surface area contributed by atoms with Gasteiger partial charge in [-0.3, -0.25) is 14.5 Å². The Balaban J connectivity index is 1.39. The molecule has 2 amide bonds. The van der Waals surface area contributed by atoms with Gasteiger partial charge in [0, 0.05) is 37.6 Å². The summed E-state index contributed by atoms with van der Waals surface area (Å²) < 4.78 is 38.1. The maximum atomic E-state index is 13.1. The molecule has 3 heterocycles. The van der Waals surface area contributed by atoms with Crippen LogP contribution in [0.25, 0.3) is 0 Å². The molecule has 10 nitrogen and oxygen atoms in total. The maximum absolute atomic E-state index is 13.1. The van der Waals surface area contributed by atoms with Gasteiger partial charge in [-0.05, 0) is 31.2 Å². The Labute approximate surface area is 198 Å². The molecule has 1 N–H and O–H groups in total. The van der Waals surface area contributed by atoms with E-state index in [0.29, 0.717) is 38.5 Å². The second-order valence-electron chi connectivity index (χ2n) is 8.07. The minimum absolute atomic E-state index is 0.120. The molecule has 1 aromatic carbocycles. The van der Waals surface area contributed by atoms with Crippen LogP contribution in [-0.2, 0) is 29.1 Å². The first-order valence-electron chi connectivity index (χ1n) is 11.2. The van der Waals surface area contributed by atoms with Crippen LogP contribution in [0.2, 0.25) is 0 Å². The molecule has 1 aromatic rings. The Morgan fingerprint density at radius 3 is 2.48 bits per heavy atom. The minimum atomic E-state index is -3.70. The van der Waals surface area contributed by atoms with Crippen molar-refractivity contribution >= 4 is 39.3 Å². The average molecular weight is 499 g/mol. The fraction of sp³-hybridized carbons (Fsp3) is 0.619. The number of carbonyl (C=O) groups is 2. The molecule has 0 bridgehead atoms. The summed E-state index contributed by atoms with van der Waals surface area (Å²) in [5.41, 5.74) is 0.467. The number of amides is 2. The van der Waals surface area contributed by atoms with E-state index in [2.05, 4.69) is 10.2 Å². The molecule has 3 aliphatic rings. The summed E-state index contributed by atoms with van der Waals surface area (Å²) in [6.07, 6.45) is 0.814. The Morgan fingerprint density at radius 1 is 1.06 bits per heavy atom. The molecule has 33 heavy (non-hydrogen) atoms. The van der Waals surface area contributed by atoms with E-state index in [1.54, 1.807) is 12.1 Å². The lowest BCUT2D eigenvalue weighted by Crippen LogP contribution is -2.44. The maximum Gasteiger partial charge on any atom is 0.243 e. The molecule has 0 aromatic heterocycles. The van der Waals surface area contributed by atoms with Gasteiger partial charge in [-0.2, -0.15) is 4.31 Å². The molecule has 0 radical (unpaired) electrons. The topological polar surface area (TPSA) is 108 Å². The molecule has 12 heteroatoms. The van der Waals surface area contributed by atoms with Gasteiger partial charge >= 0.3 is 0 Å². The number of fused-ring (bicyclic) bond motifs is 1. The monoisotopic (exact) mass is 498 g/mol. The highest BCUT2D eigenvalue weighted by molar-refractivity contribution is 8.00. The summed E-state index contributed by atoms with van der Waals surface area (Å²) in [5.74, 6) is -0.256. The molecular formula is C21H30N4O6S2. The van der Waals surface area contributed by atoms with Crippen molar-refractivity contribution in [2.45, 2.75) is 16.2 Å². The number of sulfonamides is 1. The van der Waals surface area contributed by atoms with Crippen LogP contribution in [0.5, 0.6) is 0 Å². The van der Waals surface area contributed by atoms with E-state index in [4.69, 9.17) is 9.47 Å². The summed E-state index contributed by atoms with van der Waals surface area (Å²) in [5, 5.41) is 2.88. The Bertz CT molecular complexity index is 962. The number of ether oxygens (including phenoxy) is 2. The number of hydrogen-bond donors (Lipinski definition) is 1. The first kappa shape index (κ1) is 24.4. The van der Waals surface area contributed by atoms with Crippen LogP contribution < -0.4 is 10.2 Å². The molecule has 0 atom stereocenters. The number of morpholine rings is 2. The van der Waals surface area contributed by atoms with Crippen molar-refractivity contribution in [3.63, 3.8) is 0 Å². The highest BCUT2D eigenvalue weighted by Crippen LogP contribution is 2.37. The standard InChI is InChI=1S/C21H30N4O6S2/c26-20(22-4-1-5-23-6-10-30-11-7-23)15-25-18-14-17(2-3-19(18)32-16-21(25)27)33(28,29)24-8-12-31-13-9-24/h2-3,14H,1,4-13,15-16H2,(H,22,26). The highest BCUT2D eigenvalue weighted by Gasteiger charge is 2.31. The van der Waals surface area contributed by atoms with Crippen LogP contribution in [0, 0.1) is 0 Å². The largest absolute Gasteiger partial charge is 0.379 e. The molecule has 182 valence electrons. The lowest BCUT2D eigenvalue weighted by atomic mass is 10.2. The van der Waals surface area contributed by atoms with Gasteiger partial charge in [-0.1, -0.05) is 0 Å². The molecule has 0 spiro atoms. The fourth-order valence-electron chi connectivity index (χ4n) is 4.01. The number of anilines is 1. The summed E-state index contributed by atoms with van der Waals surface area (Å²) in [4.78, 5) is 29.8. The van der Waals surface area contributed by atoms with E-state index in [1.165, 1.54) is 27.0 Å². The van der Waals surface area contributed by atoms with Crippen LogP contribution in [-0.4, -0.2) is 107 Å². The number of thioether (sulfide) groups is 1. The number of nitrogens with zero attached hydrogens (tertiary/aromatic N) is 3. The van der Waals surface area contributed by atoms with Crippen molar-refractivity contribution in [2.75, 3.05) is 82.9 Å². The zero-order valence-electron chi connectivity index (χ0n) is 18.5. The summed E-state index contributed by atoms with van der Waals surface area (Å²) in [7, 11) is -3.70. The summed E-state index contributed by atoms with van der Waals surface area (Å²) >= 11 is 1.35. The Kier molecular flexibility index (Phi) is 8.25. The van der Waals surface area contributed by atoms with Crippen molar-refractivity contribution in [1.29, 1.82) is 0 Å². The molecular weight excluding hydrogens is 468 g/mol. The van der Waals surface area contributed by atoms with Crippen molar-refractivity contribution in [3.05, 3.63) is 18.2 Å². The summed E-state index contributed by atoms with van der Waals surface area (Å²) in [6.45, 7) is 5.86. The van der Waals surface area contributed by atoms with Crippen LogP contribution in [0.15, 0.2) is 28.0 Å². The lowest BCUT2D eigenvalue weighted by molar-refractivity contribution is -0.123. The van der Waals surface area contributed by atoms with E-state index in [1.807, 2.05) is 0 Å². The van der Waals surface area contributed by atoms with Crippen molar-refractivity contribution < 1.29 is 27.5 Å². The van der Waals surface area contributed by atoms with Crippen molar-refractivity contribution in [3.8, 4) is 0 Å². The lowest BCUT2D eigenvalue weighted by Gasteiger charge is -2.30. The third-order valence-corrected chi connectivity index (χ3v) is 8.80. The number of nitrogens with one attached hydrogen (secondary N) is 1. The molecule has 0 unspecified atom stereocenters. The predicted octanol–water partition coefficient (Wildman–Crippen LogP) is -0.0153. The smallest absolute Gasteiger partial charge is 0.243 e. The first-order chi connectivity index (χ1) is 15.9. The molecule has 0 saturated carbocycles. The van der Waals surface area contributed by atoms with Gasteiger partial charge in [-0.15, -0.1) is 11.8 Å². The summed E-state index contributed by atoms with van der Waals surface area (Å²) in [6, 6.07) is 4.79. The van der Waals surface area contributed by atoms with Gasteiger partial charge in [0.05, 0.1) is 42.8 Å². The van der Waals surface area contributed by atoms with E-state index in [-0.39, 0.29) is 29.0 Å². The molecule has 0 aliphatic carbocycles. The van der Waals surface area contributed by atoms with Crippen LogP contribution in [0.3, 0.4) is 0 Å². The van der Waals surface area contributed by atoms with E-state index in [9.17, 15) is 18.0 Å². The van der Waals surface area contributed by atoms with Gasteiger partial charge in [0.25, 0.3) is 0 Å². The predicted molar refractivity (Wildman–Crippen MR) is 124 cm³/mol. The zero-order valence-corrected chi connectivity index (χ0v) is 20.2. The minimum Gasteiger partial charge on any atom is -0.379 e. The van der Waals surface area contributed by atoms with Crippen molar-refractivity contribution in [2.24, 2.45) is 0 Å². The van der Waals surface area contributed by atoms with Gasteiger partial charge in [-0.25, -0.2) is 8.42 Å². The highest BCUT2D eigenvalue weighted by atomic mass is 32.2. The number of carbonyl (C=O) groups excluding carboxylic acids is 2. The molecule has 2 saturated heterocycles. The molecule has 4 rings (SSSR count). The SMILES string of the molecule is O=C(CN1C(=O)CSc2ccc(S(=O)(=O)N3CCOCC3)cc21)NCCCN1CCOCC1. The average Bonchev–Trinajstić information content (AvgIpc) is 2.84. The van der Waals surface area contributed by atoms with Gasteiger partial charge in [0.2, 0.25) is 21.8 Å². The van der Waals surface area contributed by atoms with Crippen LogP contribution in [0.4, 0.5) is 5.69 Å². The number of benzene rings is 1. The molecule has 3 aliphatic heterocycles. The number of hydrogen-bond acceptors (Lipinski definition) is 8. The van der Waals surface area contributed by atoms with Gasteiger partial charge in [0.15, 0.2) is 0 Å². The normalized spacial score (nSPS) is 20.5. The second kappa shape index (κ2) is 11.2. The third kappa shape index (κ3) is 6.06. The Morgan fingerprint density at radius 2 is 1.76 bits per heavy atom. The van der Waals surface area contributed by atoms with Gasteiger partial charge < -0.3 is 19.7 Å².